The van der Waals surface area contributed by atoms with E-state index in [1.165, 1.54) is 12.8 Å². The molecule has 4 nitrogen and oxygen atoms in total. The van der Waals surface area contributed by atoms with Gasteiger partial charge in [-0.3, -0.25) is 4.79 Å². The number of likely N-dealkylation sites (tertiary alicyclic amines) is 1. The Morgan fingerprint density at radius 3 is 2.73 bits per heavy atom. The van der Waals surface area contributed by atoms with E-state index >= 15 is 0 Å². The molecular weight excluding hydrogens is 300 g/mol. The van der Waals surface area contributed by atoms with Crippen LogP contribution in [0.1, 0.15) is 46.5 Å². The molecule has 2 rings (SSSR count). The number of amides is 1. The van der Waals surface area contributed by atoms with Gasteiger partial charge < -0.3 is 15.0 Å². The average Bonchev–Trinajstić information content (AvgIpc) is 2.95. The summed E-state index contributed by atoms with van der Waals surface area (Å²) in [5.41, 5.74) is 0. The zero-order chi connectivity index (χ0) is 15.2. The first-order valence-corrected chi connectivity index (χ1v) is 8.66. The van der Waals surface area contributed by atoms with Crippen molar-refractivity contribution in [2.24, 2.45) is 17.8 Å². The van der Waals surface area contributed by atoms with Crippen molar-refractivity contribution in [3.63, 3.8) is 0 Å². The van der Waals surface area contributed by atoms with Gasteiger partial charge >= 0.3 is 0 Å². The summed E-state index contributed by atoms with van der Waals surface area (Å²) in [6.45, 7) is 11.2. The quantitative estimate of drug-likeness (QED) is 0.813. The molecule has 0 aromatic carbocycles. The first-order chi connectivity index (χ1) is 10.1. The lowest BCUT2D eigenvalue weighted by Crippen LogP contribution is -2.37. The maximum Gasteiger partial charge on any atom is 0.222 e. The second kappa shape index (κ2) is 9.74. The van der Waals surface area contributed by atoms with E-state index in [0.717, 1.165) is 39.2 Å². The first kappa shape index (κ1) is 19.7. The predicted molar refractivity (Wildman–Crippen MR) is 92.4 cm³/mol. The molecule has 2 saturated heterocycles. The minimum absolute atomic E-state index is 0. The number of hydrogen-bond donors (Lipinski definition) is 1. The summed E-state index contributed by atoms with van der Waals surface area (Å²) in [5.74, 6) is 2.04. The molecule has 0 aromatic rings. The van der Waals surface area contributed by atoms with Crippen molar-refractivity contribution < 1.29 is 9.53 Å². The van der Waals surface area contributed by atoms with E-state index in [-0.39, 0.29) is 18.5 Å². The highest BCUT2D eigenvalue weighted by Gasteiger charge is 2.29. The second-order valence-corrected chi connectivity index (χ2v) is 7.27. The molecule has 2 aliphatic heterocycles. The van der Waals surface area contributed by atoms with Crippen LogP contribution in [-0.4, -0.2) is 49.7 Å². The van der Waals surface area contributed by atoms with Crippen molar-refractivity contribution in [2.45, 2.75) is 52.6 Å². The molecule has 3 unspecified atom stereocenters. The standard InChI is InChI=1S/C17H32N2O2.ClH/c1-13(2)12-21-16-6-8-19(11-16)17(20)9-14(3)15-5-4-7-18-10-15;/h13-16,18H,4-12H2,1-3H3;1H. The number of carbonyl (C=O) groups excluding carboxylic acids is 1. The van der Waals surface area contributed by atoms with Crippen molar-refractivity contribution >= 4 is 18.3 Å². The molecule has 2 aliphatic rings. The van der Waals surface area contributed by atoms with Gasteiger partial charge in [0.1, 0.15) is 0 Å². The van der Waals surface area contributed by atoms with Crippen molar-refractivity contribution in [1.82, 2.24) is 10.2 Å². The SMILES string of the molecule is CC(C)COC1CCN(C(=O)CC(C)C2CCCNC2)C1.Cl. The lowest BCUT2D eigenvalue weighted by atomic mass is 9.85. The van der Waals surface area contributed by atoms with Crippen LogP contribution in [0.5, 0.6) is 0 Å². The normalized spacial score (nSPS) is 26.8. The van der Waals surface area contributed by atoms with E-state index in [4.69, 9.17) is 4.74 Å². The molecule has 0 aliphatic carbocycles. The topological polar surface area (TPSA) is 41.6 Å². The Bertz CT molecular complexity index is 333. The largest absolute Gasteiger partial charge is 0.376 e. The third kappa shape index (κ3) is 6.05. The van der Waals surface area contributed by atoms with Gasteiger partial charge in [0, 0.05) is 26.1 Å². The molecule has 0 bridgehead atoms. The summed E-state index contributed by atoms with van der Waals surface area (Å²) in [7, 11) is 0. The molecule has 0 spiro atoms. The molecule has 2 fully saturated rings. The van der Waals surface area contributed by atoms with Crippen molar-refractivity contribution in [3.05, 3.63) is 0 Å². The minimum Gasteiger partial charge on any atom is -0.376 e. The van der Waals surface area contributed by atoms with Gasteiger partial charge in [-0.2, -0.15) is 0 Å². The lowest BCUT2D eigenvalue weighted by molar-refractivity contribution is -0.132. The molecule has 2 heterocycles. The third-order valence-corrected chi connectivity index (χ3v) is 4.80. The van der Waals surface area contributed by atoms with E-state index < -0.39 is 0 Å². The molecule has 5 heteroatoms. The Morgan fingerprint density at radius 2 is 2.09 bits per heavy atom. The summed E-state index contributed by atoms with van der Waals surface area (Å²) < 4.78 is 5.86. The molecular formula is C17H33ClN2O2. The maximum atomic E-state index is 12.4. The monoisotopic (exact) mass is 332 g/mol. The van der Waals surface area contributed by atoms with Gasteiger partial charge in [0.25, 0.3) is 0 Å². The van der Waals surface area contributed by atoms with Gasteiger partial charge in [-0.15, -0.1) is 12.4 Å². The van der Waals surface area contributed by atoms with E-state index in [1.54, 1.807) is 0 Å². The Balaban J connectivity index is 0.00000242. The van der Waals surface area contributed by atoms with Gasteiger partial charge in [0.05, 0.1) is 6.10 Å². The van der Waals surface area contributed by atoms with E-state index in [1.807, 2.05) is 4.90 Å². The van der Waals surface area contributed by atoms with Crippen LogP contribution in [0.2, 0.25) is 0 Å². The summed E-state index contributed by atoms with van der Waals surface area (Å²) in [4.78, 5) is 14.4. The zero-order valence-electron chi connectivity index (χ0n) is 14.3. The van der Waals surface area contributed by atoms with Gasteiger partial charge in [-0.25, -0.2) is 0 Å². The molecule has 3 atom stereocenters. The van der Waals surface area contributed by atoms with Crippen LogP contribution in [0.3, 0.4) is 0 Å². The molecule has 130 valence electrons. The lowest BCUT2D eigenvalue weighted by Gasteiger charge is -2.29. The number of piperidine rings is 1. The van der Waals surface area contributed by atoms with Crippen LogP contribution in [0.25, 0.3) is 0 Å². The molecule has 0 saturated carbocycles. The van der Waals surface area contributed by atoms with Gasteiger partial charge in [0.2, 0.25) is 5.91 Å². The van der Waals surface area contributed by atoms with Crippen molar-refractivity contribution in [3.8, 4) is 0 Å². The number of nitrogens with zero attached hydrogens (tertiary/aromatic N) is 1. The summed E-state index contributed by atoms with van der Waals surface area (Å²) in [5, 5.41) is 3.45. The smallest absolute Gasteiger partial charge is 0.222 e. The summed E-state index contributed by atoms with van der Waals surface area (Å²) in [6.07, 6.45) is 4.46. The minimum atomic E-state index is 0. The summed E-state index contributed by atoms with van der Waals surface area (Å²) in [6, 6.07) is 0. The fraction of sp³-hybridized carbons (Fsp3) is 0.941. The van der Waals surface area contributed by atoms with Crippen LogP contribution in [0, 0.1) is 17.8 Å². The van der Waals surface area contributed by atoms with E-state index in [2.05, 4.69) is 26.1 Å². The average molecular weight is 333 g/mol. The Morgan fingerprint density at radius 1 is 1.32 bits per heavy atom. The third-order valence-electron chi connectivity index (χ3n) is 4.80. The van der Waals surface area contributed by atoms with Crippen LogP contribution < -0.4 is 5.32 Å². The fourth-order valence-corrected chi connectivity index (χ4v) is 3.35. The Hall–Kier alpha value is -0.320. The van der Waals surface area contributed by atoms with Crippen LogP contribution in [0.15, 0.2) is 0 Å². The predicted octanol–water partition coefficient (Wildman–Crippen LogP) is 2.71. The first-order valence-electron chi connectivity index (χ1n) is 8.66. The number of carbonyl (C=O) groups is 1. The molecule has 1 N–H and O–H groups in total. The van der Waals surface area contributed by atoms with Gasteiger partial charge in [0.15, 0.2) is 0 Å². The molecule has 1 amide bonds. The Labute approximate surface area is 141 Å². The second-order valence-electron chi connectivity index (χ2n) is 7.27. The fourth-order valence-electron chi connectivity index (χ4n) is 3.35. The van der Waals surface area contributed by atoms with Gasteiger partial charge in [-0.1, -0.05) is 20.8 Å². The van der Waals surface area contributed by atoms with Crippen molar-refractivity contribution in [2.75, 3.05) is 32.8 Å². The van der Waals surface area contributed by atoms with Gasteiger partial charge in [-0.05, 0) is 50.1 Å². The highest BCUT2D eigenvalue weighted by atomic mass is 35.5. The van der Waals surface area contributed by atoms with E-state index in [9.17, 15) is 4.79 Å². The van der Waals surface area contributed by atoms with Crippen LogP contribution in [-0.2, 0) is 9.53 Å². The van der Waals surface area contributed by atoms with Crippen LogP contribution >= 0.6 is 12.4 Å². The number of halogens is 1. The highest BCUT2D eigenvalue weighted by molar-refractivity contribution is 5.85. The number of nitrogens with one attached hydrogen (secondary N) is 1. The van der Waals surface area contributed by atoms with Crippen molar-refractivity contribution in [1.29, 1.82) is 0 Å². The number of ether oxygens (including phenoxy) is 1. The zero-order valence-corrected chi connectivity index (χ0v) is 15.2. The Kier molecular flexibility index (Phi) is 8.73. The maximum absolute atomic E-state index is 12.4. The molecule has 22 heavy (non-hydrogen) atoms. The summed E-state index contributed by atoms with van der Waals surface area (Å²) >= 11 is 0. The number of hydrogen-bond acceptors (Lipinski definition) is 3. The van der Waals surface area contributed by atoms with E-state index in [0.29, 0.717) is 30.1 Å². The highest BCUT2D eigenvalue weighted by Crippen LogP contribution is 2.24. The molecule has 0 radical (unpaired) electrons. The van der Waals surface area contributed by atoms with Crippen LogP contribution in [0.4, 0.5) is 0 Å². The number of rotatable bonds is 6. The molecule has 0 aromatic heterocycles.